The van der Waals surface area contributed by atoms with Crippen molar-refractivity contribution in [3.8, 4) is 11.5 Å². The second-order valence-corrected chi connectivity index (χ2v) is 5.06. The maximum absolute atomic E-state index is 5.96. The smallest absolute Gasteiger partial charge is 0.145 e. The fourth-order valence-electron chi connectivity index (χ4n) is 2.69. The van der Waals surface area contributed by atoms with Gasteiger partial charge < -0.3 is 20.1 Å². The molecule has 106 valence electrons. The van der Waals surface area contributed by atoms with Crippen LogP contribution >= 0.6 is 0 Å². The van der Waals surface area contributed by atoms with Crippen LogP contribution in [0.2, 0.25) is 0 Å². The predicted octanol–water partition coefficient (Wildman–Crippen LogP) is 2.31. The summed E-state index contributed by atoms with van der Waals surface area (Å²) in [5, 5.41) is 0. The molecule has 1 aliphatic heterocycles. The standard InChI is InChI=1S/C15H24N2O2/c1-18-14-11-15(19-2)13(16)10-12(14)6-5-9-17-7-3-4-8-17/h10-11H,3-9,16H2,1-2H3. The molecule has 0 amide bonds. The topological polar surface area (TPSA) is 47.7 Å². The number of hydrogen-bond acceptors (Lipinski definition) is 4. The highest BCUT2D eigenvalue weighted by Gasteiger charge is 2.12. The van der Waals surface area contributed by atoms with Crippen LogP contribution in [0.25, 0.3) is 0 Å². The summed E-state index contributed by atoms with van der Waals surface area (Å²) in [5.41, 5.74) is 7.81. The number of hydrogen-bond donors (Lipinski definition) is 1. The van der Waals surface area contributed by atoms with Crippen LogP contribution < -0.4 is 15.2 Å². The number of benzene rings is 1. The van der Waals surface area contributed by atoms with E-state index in [4.69, 9.17) is 15.2 Å². The van der Waals surface area contributed by atoms with Crippen molar-refractivity contribution in [2.75, 3.05) is 39.6 Å². The lowest BCUT2D eigenvalue weighted by atomic mass is 10.1. The molecule has 0 unspecified atom stereocenters. The number of nitrogen functional groups attached to an aromatic ring is 1. The molecule has 2 N–H and O–H groups in total. The van der Waals surface area contributed by atoms with Crippen molar-refractivity contribution in [3.63, 3.8) is 0 Å². The van der Waals surface area contributed by atoms with Crippen LogP contribution in [0.1, 0.15) is 24.8 Å². The Kier molecular flexibility index (Phi) is 4.91. The summed E-state index contributed by atoms with van der Waals surface area (Å²) in [6.07, 6.45) is 4.83. The molecule has 19 heavy (non-hydrogen) atoms. The molecule has 4 nitrogen and oxygen atoms in total. The first kappa shape index (κ1) is 14.0. The quantitative estimate of drug-likeness (QED) is 0.801. The van der Waals surface area contributed by atoms with Gasteiger partial charge in [0.25, 0.3) is 0 Å². The van der Waals surface area contributed by atoms with Crippen molar-refractivity contribution in [2.24, 2.45) is 0 Å². The molecule has 0 bridgehead atoms. The highest BCUT2D eigenvalue weighted by molar-refractivity contribution is 5.59. The Hall–Kier alpha value is -1.42. The summed E-state index contributed by atoms with van der Waals surface area (Å²) >= 11 is 0. The molecule has 0 spiro atoms. The Bertz CT molecular complexity index is 415. The number of methoxy groups -OCH3 is 2. The lowest BCUT2D eigenvalue weighted by Gasteiger charge is -2.16. The van der Waals surface area contributed by atoms with E-state index in [-0.39, 0.29) is 0 Å². The summed E-state index contributed by atoms with van der Waals surface area (Å²) in [7, 11) is 3.31. The third-order valence-corrected chi connectivity index (χ3v) is 3.75. The molecule has 1 fully saturated rings. The zero-order valence-electron chi connectivity index (χ0n) is 11.9. The number of likely N-dealkylation sites (tertiary alicyclic amines) is 1. The van der Waals surface area contributed by atoms with Gasteiger partial charge in [-0.25, -0.2) is 0 Å². The summed E-state index contributed by atoms with van der Waals surface area (Å²) in [6.45, 7) is 3.67. The van der Waals surface area contributed by atoms with Crippen LogP contribution in [0.5, 0.6) is 11.5 Å². The molecule has 0 radical (unpaired) electrons. The zero-order valence-corrected chi connectivity index (χ0v) is 11.9. The first-order valence-electron chi connectivity index (χ1n) is 6.97. The third kappa shape index (κ3) is 3.53. The van der Waals surface area contributed by atoms with E-state index < -0.39 is 0 Å². The molecule has 1 aliphatic rings. The molecule has 2 rings (SSSR count). The molecule has 0 aromatic heterocycles. The molecule has 4 heteroatoms. The van der Waals surface area contributed by atoms with Gasteiger partial charge in [0, 0.05) is 6.07 Å². The number of anilines is 1. The van der Waals surface area contributed by atoms with Gasteiger partial charge in [-0.15, -0.1) is 0 Å². The Morgan fingerprint density at radius 1 is 1.11 bits per heavy atom. The van der Waals surface area contributed by atoms with E-state index in [9.17, 15) is 0 Å². The van der Waals surface area contributed by atoms with Crippen molar-refractivity contribution in [1.29, 1.82) is 0 Å². The molecular weight excluding hydrogens is 240 g/mol. The molecule has 1 heterocycles. The number of aryl methyl sites for hydroxylation is 1. The number of ether oxygens (including phenoxy) is 2. The van der Waals surface area contributed by atoms with Gasteiger partial charge in [-0.05, 0) is 56.9 Å². The summed E-state index contributed by atoms with van der Waals surface area (Å²) in [4.78, 5) is 2.53. The van der Waals surface area contributed by atoms with E-state index >= 15 is 0 Å². The van der Waals surface area contributed by atoms with E-state index in [0.717, 1.165) is 25.1 Å². The van der Waals surface area contributed by atoms with Gasteiger partial charge >= 0.3 is 0 Å². The fraction of sp³-hybridized carbons (Fsp3) is 0.600. The van der Waals surface area contributed by atoms with Crippen LogP contribution in [0.3, 0.4) is 0 Å². The SMILES string of the molecule is COc1cc(OC)c(CCCN2CCCC2)cc1N. The molecule has 1 saturated heterocycles. The summed E-state index contributed by atoms with van der Waals surface area (Å²) in [6, 6.07) is 3.85. The number of nitrogens with two attached hydrogens (primary N) is 1. The van der Waals surface area contributed by atoms with Gasteiger partial charge in [-0.3, -0.25) is 0 Å². The zero-order chi connectivity index (χ0) is 13.7. The number of rotatable bonds is 6. The second-order valence-electron chi connectivity index (χ2n) is 5.06. The van der Waals surface area contributed by atoms with E-state index in [1.807, 2.05) is 12.1 Å². The van der Waals surface area contributed by atoms with Gasteiger partial charge in [-0.1, -0.05) is 0 Å². The summed E-state index contributed by atoms with van der Waals surface area (Å²) < 4.78 is 10.6. The largest absolute Gasteiger partial charge is 0.496 e. The van der Waals surface area contributed by atoms with Crippen LogP contribution in [0.15, 0.2) is 12.1 Å². The minimum absolute atomic E-state index is 0.680. The summed E-state index contributed by atoms with van der Waals surface area (Å²) in [5.74, 6) is 1.55. The van der Waals surface area contributed by atoms with Crippen molar-refractivity contribution in [3.05, 3.63) is 17.7 Å². The second kappa shape index (κ2) is 6.66. The molecular formula is C15H24N2O2. The molecule has 0 saturated carbocycles. The monoisotopic (exact) mass is 264 g/mol. The highest BCUT2D eigenvalue weighted by Crippen LogP contribution is 2.31. The van der Waals surface area contributed by atoms with E-state index in [2.05, 4.69) is 4.90 Å². The van der Waals surface area contributed by atoms with Crippen molar-refractivity contribution >= 4 is 5.69 Å². The van der Waals surface area contributed by atoms with Gasteiger partial charge in [-0.2, -0.15) is 0 Å². The average Bonchev–Trinajstić information content (AvgIpc) is 2.92. The van der Waals surface area contributed by atoms with E-state index in [0.29, 0.717) is 11.4 Å². The van der Waals surface area contributed by atoms with Crippen LogP contribution in [0.4, 0.5) is 5.69 Å². The average molecular weight is 264 g/mol. The minimum Gasteiger partial charge on any atom is -0.496 e. The minimum atomic E-state index is 0.680. The molecule has 0 aliphatic carbocycles. The predicted molar refractivity (Wildman–Crippen MR) is 78.0 cm³/mol. The first-order chi connectivity index (χ1) is 9.24. The first-order valence-corrected chi connectivity index (χ1v) is 6.97. The van der Waals surface area contributed by atoms with E-state index in [1.54, 1.807) is 14.2 Å². The Balaban J connectivity index is 1.96. The lowest BCUT2D eigenvalue weighted by Crippen LogP contribution is -2.20. The Morgan fingerprint density at radius 2 is 1.79 bits per heavy atom. The third-order valence-electron chi connectivity index (χ3n) is 3.75. The van der Waals surface area contributed by atoms with Crippen LogP contribution in [-0.4, -0.2) is 38.8 Å². The van der Waals surface area contributed by atoms with Crippen molar-refractivity contribution < 1.29 is 9.47 Å². The molecule has 1 aromatic rings. The van der Waals surface area contributed by atoms with Gasteiger partial charge in [0.2, 0.25) is 0 Å². The highest BCUT2D eigenvalue weighted by atomic mass is 16.5. The molecule has 1 aromatic carbocycles. The fourth-order valence-corrected chi connectivity index (χ4v) is 2.69. The normalized spacial score (nSPS) is 15.7. The van der Waals surface area contributed by atoms with Crippen molar-refractivity contribution in [2.45, 2.75) is 25.7 Å². The van der Waals surface area contributed by atoms with Gasteiger partial charge in [0.1, 0.15) is 11.5 Å². The van der Waals surface area contributed by atoms with E-state index in [1.165, 1.54) is 31.5 Å². The van der Waals surface area contributed by atoms with Gasteiger partial charge in [0.05, 0.1) is 19.9 Å². The van der Waals surface area contributed by atoms with Gasteiger partial charge in [0.15, 0.2) is 0 Å². The lowest BCUT2D eigenvalue weighted by molar-refractivity contribution is 0.332. The maximum Gasteiger partial charge on any atom is 0.145 e. The molecule has 0 atom stereocenters. The van der Waals surface area contributed by atoms with Crippen LogP contribution in [-0.2, 0) is 6.42 Å². The number of nitrogens with zero attached hydrogens (tertiary/aromatic N) is 1. The Labute approximate surface area is 115 Å². The Morgan fingerprint density at radius 3 is 2.42 bits per heavy atom. The van der Waals surface area contributed by atoms with Crippen molar-refractivity contribution in [1.82, 2.24) is 4.90 Å². The van der Waals surface area contributed by atoms with Crippen LogP contribution in [0, 0.1) is 0 Å². The maximum atomic E-state index is 5.96.